The van der Waals surface area contributed by atoms with Crippen molar-refractivity contribution in [3.63, 3.8) is 0 Å². The Morgan fingerprint density at radius 1 is 1.00 bits per heavy atom. The molecule has 0 radical (unpaired) electrons. The SMILES string of the molecule is COc1ccc(C2=Nn3c(nnc3-c3cccc(OC(C)C)c3)SC2)cc1. The lowest BCUT2D eigenvalue weighted by atomic mass is 10.1. The van der Waals surface area contributed by atoms with E-state index in [2.05, 4.69) is 10.2 Å². The van der Waals surface area contributed by atoms with Gasteiger partial charge in [-0.3, -0.25) is 0 Å². The maximum absolute atomic E-state index is 5.80. The van der Waals surface area contributed by atoms with Gasteiger partial charge in [0.05, 0.1) is 18.9 Å². The van der Waals surface area contributed by atoms with Gasteiger partial charge in [-0.1, -0.05) is 23.9 Å². The maximum atomic E-state index is 5.80. The van der Waals surface area contributed by atoms with Gasteiger partial charge in [-0.15, -0.1) is 10.2 Å². The van der Waals surface area contributed by atoms with Crippen molar-refractivity contribution in [1.82, 2.24) is 14.9 Å². The standard InChI is InChI=1S/C20H20N4O2S/c1-13(2)26-17-6-4-5-15(11-17)19-21-22-20-24(19)23-18(12-27-20)14-7-9-16(25-3)10-8-14/h4-11,13H,12H2,1-3H3. The summed E-state index contributed by atoms with van der Waals surface area (Å²) < 4.78 is 12.8. The number of methoxy groups -OCH3 is 1. The Labute approximate surface area is 162 Å². The first kappa shape index (κ1) is 17.6. The zero-order valence-electron chi connectivity index (χ0n) is 15.4. The summed E-state index contributed by atoms with van der Waals surface area (Å²) in [7, 11) is 1.66. The highest BCUT2D eigenvalue weighted by molar-refractivity contribution is 7.99. The van der Waals surface area contributed by atoms with Gasteiger partial charge in [-0.05, 0) is 55.8 Å². The molecule has 0 N–H and O–H groups in total. The van der Waals surface area contributed by atoms with Crippen molar-refractivity contribution in [2.24, 2.45) is 5.10 Å². The minimum Gasteiger partial charge on any atom is -0.497 e. The number of hydrogen-bond donors (Lipinski definition) is 0. The lowest BCUT2D eigenvalue weighted by molar-refractivity contribution is 0.242. The molecule has 0 aliphatic carbocycles. The molecule has 0 spiro atoms. The van der Waals surface area contributed by atoms with Crippen LogP contribution in [0.2, 0.25) is 0 Å². The van der Waals surface area contributed by atoms with Gasteiger partial charge in [0.25, 0.3) is 0 Å². The topological polar surface area (TPSA) is 61.5 Å². The fourth-order valence-electron chi connectivity index (χ4n) is 2.81. The van der Waals surface area contributed by atoms with Crippen LogP contribution in [0.25, 0.3) is 11.4 Å². The smallest absolute Gasteiger partial charge is 0.212 e. The van der Waals surface area contributed by atoms with Gasteiger partial charge >= 0.3 is 0 Å². The molecule has 0 unspecified atom stereocenters. The van der Waals surface area contributed by atoms with Crippen LogP contribution in [0.15, 0.2) is 58.8 Å². The molecular formula is C20H20N4O2S. The third kappa shape index (κ3) is 3.68. The lowest BCUT2D eigenvalue weighted by Crippen LogP contribution is -2.13. The quantitative estimate of drug-likeness (QED) is 0.667. The molecule has 2 heterocycles. The van der Waals surface area contributed by atoms with Crippen molar-refractivity contribution in [1.29, 1.82) is 0 Å². The van der Waals surface area contributed by atoms with E-state index in [-0.39, 0.29) is 6.10 Å². The number of fused-ring (bicyclic) bond motifs is 1. The number of thioether (sulfide) groups is 1. The summed E-state index contributed by atoms with van der Waals surface area (Å²) in [4.78, 5) is 0. The highest BCUT2D eigenvalue weighted by atomic mass is 32.2. The van der Waals surface area contributed by atoms with Crippen LogP contribution in [0.5, 0.6) is 11.5 Å². The van der Waals surface area contributed by atoms with Crippen molar-refractivity contribution in [2.45, 2.75) is 25.1 Å². The summed E-state index contributed by atoms with van der Waals surface area (Å²) >= 11 is 1.63. The van der Waals surface area contributed by atoms with Crippen LogP contribution in [0.3, 0.4) is 0 Å². The van der Waals surface area contributed by atoms with Crippen molar-refractivity contribution in [3.05, 3.63) is 54.1 Å². The van der Waals surface area contributed by atoms with Crippen LogP contribution in [0, 0.1) is 0 Å². The van der Waals surface area contributed by atoms with Gasteiger partial charge in [-0.2, -0.15) is 9.78 Å². The molecular weight excluding hydrogens is 360 g/mol. The number of rotatable bonds is 5. The van der Waals surface area contributed by atoms with E-state index in [9.17, 15) is 0 Å². The van der Waals surface area contributed by atoms with Crippen LogP contribution in [-0.4, -0.2) is 39.6 Å². The fraction of sp³-hybridized carbons (Fsp3) is 0.250. The molecule has 0 amide bonds. The van der Waals surface area contributed by atoms with E-state index >= 15 is 0 Å². The number of benzene rings is 2. The summed E-state index contributed by atoms with van der Waals surface area (Å²) in [5.41, 5.74) is 2.96. The zero-order chi connectivity index (χ0) is 18.8. The van der Waals surface area contributed by atoms with Crippen molar-refractivity contribution < 1.29 is 9.47 Å². The third-order valence-electron chi connectivity index (χ3n) is 4.06. The predicted octanol–water partition coefficient (Wildman–Crippen LogP) is 4.10. The maximum Gasteiger partial charge on any atom is 0.212 e. The molecule has 4 rings (SSSR count). The number of hydrogen-bond acceptors (Lipinski definition) is 6. The first-order valence-electron chi connectivity index (χ1n) is 8.71. The molecule has 0 saturated carbocycles. The Kier molecular flexibility index (Phi) is 4.85. The first-order chi connectivity index (χ1) is 13.1. The zero-order valence-corrected chi connectivity index (χ0v) is 16.2. The normalized spacial score (nSPS) is 13.3. The second kappa shape index (κ2) is 7.44. The van der Waals surface area contributed by atoms with Gasteiger partial charge < -0.3 is 9.47 Å². The molecule has 27 heavy (non-hydrogen) atoms. The molecule has 0 atom stereocenters. The fourth-order valence-corrected chi connectivity index (χ4v) is 3.65. The van der Waals surface area contributed by atoms with Crippen LogP contribution in [0.1, 0.15) is 19.4 Å². The Morgan fingerprint density at radius 2 is 1.81 bits per heavy atom. The van der Waals surface area contributed by atoms with Crippen LogP contribution in [0.4, 0.5) is 0 Å². The molecule has 1 aromatic heterocycles. The van der Waals surface area contributed by atoms with E-state index in [1.807, 2.05) is 67.1 Å². The van der Waals surface area contributed by atoms with E-state index in [0.717, 1.165) is 39.2 Å². The molecule has 0 bridgehead atoms. The van der Waals surface area contributed by atoms with Gasteiger partial charge in [0.2, 0.25) is 5.16 Å². The Hall–Kier alpha value is -2.80. The van der Waals surface area contributed by atoms with Crippen LogP contribution in [-0.2, 0) is 0 Å². The van der Waals surface area contributed by atoms with Gasteiger partial charge in [0.1, 0.15) is 11.5 Å². The average Bonchev–Trinajstić information content (AvgIpc) is 3.11. The van der Waals surface area contributed by atoms with Crippen LogP contribution >= 0.6 is 11.8 Å². The van der Waals surface area contributed by atoms with Gasteiger partial charge in [0.15, 0.2) is 5.82 Å². The molecule has 3 aromatic rings. The second-order valence-electron chi connectivity index (χ2n) is 6.38. The number of nitrogens with zero attached hydrogens (tertiary/aromatic N) is 4. The van der Waals surface area contributed by atoms with Gasteiger partial charge in [-0.25, -0.2) is 0 Å². The van der Waals surface area contributed by atoms with E-state index < -0.39 is 0 Å². The average molecular weight is 380 g/mol. The summed E-state index contributed by atoms with van der Waals surface area (Å²) in [6.45, 7) is 4.02. The van der Waals surface area contributed by atoms with Crippen molar-refractivity contribution in [2.75, 3.05) is 12.9 Å². The lowest BCUT2D eigenvalue weighted by Gasteiger charge is -2.15. The summed E-state index contributed by atoms with van der Waals surface area (Å²) in [6, 6.07) is 15.8. The highest BCUT2D eigenvalue weighted by Gasteiger charge is 2.21. The van der Waals surface area contributed by atoms with E-state index in [1.54, 1.807) is 18.9 Å². The minimum atomic E-state index is 0.114. The summed E-state index contributed by atoms with van der Waals surface area (Å²) in [5.74, 6) is 3.09. The molecule has 7 heteroatoms. The Bertz CT molecular complexity index is 980. The molecule has 0 fully saturated rings. The third-order valence-corrected chi connectivity index (χ3v) is 4.99. The van der Waals surface area contributed by atoms with Crippen molar-refractivity contribution >= 4 is 17.5 Å². The predicted molar refractivity (Wildman–Crippen MR) is 107 cm³/mol. The number of aromatic nitrogens is 3. The Balaban J connectivity index is 1.70. The minimum absolute atomic E-state index is 0.114. The molecule has 138 valence electrons. The number of ether oxygens (including phenoxy) is 2. The van der Waals surface area contributed by atoms with E-state index in [4.69, 9.17) is 14.6 Å². The van der Waals surface area contributed by atoms with E-state index in [1.165, 1.54) is 0 Å². The Morgan fingerprint density at radius 3 is 2.56 bits per heavy atom. The van der Waals surface area contributed by atoms with Crippen LogP contribution < -0.4 is 9.47 Å². The van der Waals surface area contributed by atoms with E-state index in [0.29, 0.717) is 5.82 Å². The van der Waals surface area contributed by atoms with Crippen molar-refractivity contribution in [3.8, 4) is 22.9 Å². The summed E-state index contributed by atoms with van der Waals surface area (Å²) in [6.07, 6.45) is 0.114. The summed E-state index contributed by atoms with van der Waals surface area (Å²) in [5, 5.41) is 14.2. The largest absolute Gasteiger partial charge is 0.497 e. The molecule has 0 saturated heterocycles. The molecule has 2 aromatic carbocycles. The molecule has 1 aliphatic rings. The molecule has 1 aliphatic heterocycles. The highest BCUT2D eigenvalue weighted by Crippen LogP contribution is 2.30. The molecule has 6 nitrogen and oxygen atoms in total. The monoisotopic (exact) mass is 380 g/mol. The first-order valence-corrected chi connectivity index (χ1v) is 9.70. The van der Waals surface area contributed by atoms with Gasteiger partial charge in [0, 0.05) is 11.3 Å². The second-order valence-corrected chi connectivity index (χ2v) is 7.32.